The molecular weight excluding hydrogens is 456 g/mol. The van der Waals surface area contributed by atoms with Crippen molar-refractivity contribution in [1.82, 2.24) is 9.80 Å². The maximum Gasteiger partial charge on any atom is 0.290 e. The lowest BCUT2D eigenvalue weighted by atomic mass is 9.94. The van der Waals surface area contributed by atoms with Crippen molar-refractivity contribution in [1.29, 1.82) is 0 Å². The van der Waals surface area contributed by atoms with Gasteiger partial charge in [0, 0.05) is 29.1 Å². The predicted molar refractivity (Wildman–Crippen MR) is 130 cm³/mol. The molecule has 1 N–H and O–H groups in total. The molecule has 1 unspecified atom stereocenters. The van der Waals surface area contributed by atoms with E-state index in [-0.39, 0.29) is 17.4 Å². The Labute approximate surface area is 203 Å². The number of para-hydroxylation sites is 1. The summed E-state index contributed by atoms with van der Waals surface area (Å²) < 4.78 is 11.8. The smallest absolute Gasteiger partial charge is 0.290 e. The normalized spacial score (nSPS) is 16.4. The molecule has 8 heteroatoms. The molecule has 0 fully saturated rings. The number of ether oxygens (including phenoxy) is 1. The van der Waals surface area contributed by atoms with Gasteiger partial charge in [-0.2, -0.15) is 0 Å². The molecule has 0 saturated heterocycles. The number of hydrogen-bond acceptors (Lipinski definition) is 6. The van der Waals surface area contributed by atoms with Gasteiger partial charge in [-0.1, -0.05) is 29.8 Å². The maximum atomic E-state index is 13.7. The standard InChI is InChI=1S/C26H27ClN2O5/c1-15(2)33-20-8-6-5-7-18(20)23-22(25(31)26(32)29(23)12-11-28(3)4)24(30)21-14-16-13-17(27)9-10-19(16)34-21/h5-10,13-15,23,31H,11-12H2,1-4H3. The summed E-state index contributed by atoms with van der Waals surface area (Å²) in [5.74, 6) is -1.18. The molecule has 1 aliphatic rings. The van der Waals surface area contributed by atoms with E-state index in [0.29, 0.717) is 40.4 Å². The number of benzene rings is 2. The molecule has 178 valence electrons. The highest BCUT2D eigenvalue weighted by Gasteiger charge is 2.45. The number of nitrogens with zero attached hydrogens (tertiary/aromatic N) is 2. The zero-order chi connectivity index (χ0) is 24.6. The lowest BCUT2D eigenvalue weighted by molar-refractivity contribution is -0.129. The Morgan fingerprint density at radius 1 is 1.21 bits per heavy atom. The number of hydrogen-bond donors (Lipinski definition) is 1. The van der Waals surface area contributed by atoms with Crippen LogP contribution in [0.5, 0.6) is 5.75 Å². The van der Waals surface area contributed by atoms with Crippen molar-refractivity contribution >= 4 is 34.3 Å². The summed E-state index contributed by atoms with van der Waals surface area (Å²) in [5.41, 5.74) is 1.07. The van der Waals surface area contributed by atoms with E-state index in [1.54, 1.807) is 30.3 Å². The minimum absolute atomic E-state index is 0.0216. The van der Waals surface area contributed by atoms with Crippen LogP contribution in [-0.4, -0.2) is 59.9 Å². The molecule has 0 radical (unpaired) electrons. The third-order valence-electron chi connectivity index (χ3n) is 5.61. The van der Waals surface area contributed by atoms with Crippen LogP contribution < -0.4 is 4.74 Å². The number of aliphatic hydroxyl groups excluding tert-OH is 1. The summed E-state index contributed by atoms with van der Waals surface area (Å²) in [6.07, 6.45) is -0.120. The van der Waals surface area contributed by atoms with Gasteiger partial charge in [0.1, 0.15) is 11.3 Å². The number of furan rings is 1. The monoisotopic (exact) mass is 482 g/mol. The largest absolute Gasteiger partial charge is 0.503 e. The van der Waals surface area contributed by atoms with Gasteiger partial charge in [0.05, 0.1) is 17.7 Å². The van der Waals surface area contributed by atoms with Crippen LogP contribution in [-0.2, 0) is 4.79 Å². The molecule has 2 aromatic carbocycles. The predicted octanol–water partition coefficient (Wildman–Crippen LogP) is 5.01. The zero-order valence-electron chi connectivity index (χ0n) is 19.5. The molecule has 34 heavy (non-hydrogen) atoms. The number of aliphatic hydroxyl groups is 1. The molecule has 0 spiro atoms. The number of likely N-dealkylation sites (N-methyl/N-ethyl adjacent to an activating group) is 1. The van der Waals surface area contributed by atoms with Gasteiger partial charge in [-0.3, -0.25) is 9.59 Å². The quantitative estimate of drug-likeness (QED) is 0.454. The van der Waals surface area contributed by atoms with Crippen molar-refractivity contribution in [3.8, 4) is 5.75 Å². The second-order valence-corrected chi connectivity index (χ2v) is 9.23. The first-order valence-corrected chi connectivity index (χ1v) is 11.4. The van der Waals surface area contributed by atoms with Crippen LogP contribution in [0.1, 0.15) is 36.0 Å². The molecular formula is C26H27ClN2O5. The van der Waals surface area contributed by atoms with E-state index in [0.717, 1.165) is 0 Å². The van der Waals surface area contributed by atoms with Crippen LogP contribution in [0.25, 0.3) is 11.0 Å². The third kappa shape index (κ3) is 4.54. The highest BCUT2D eigenvalue weighted by molar-refractivity contribution is 6.31. The van der Waals surface area contributed by atoms with Gasteiger partial charge in [0.15, 0.2) is 11.5 Å². The number of rotatable bonds is 8. The number of carbonyl (C=O) groups is 2. The summed E-state index contributed by atoms with van der Waals surface area (Å²) in [7, 11) is 3.79. The maximum absolute atomic E-state index is 13.7. The molecule has 0 aliphatic carbocycles. The number of Topliss-reactive ketones (excluding diaryl/α,β-unsaturated/α-hetero) is 1. The number of carbonyl (C=O) groups excluding carboxylic acids is 2. The van der Waals surface area contributed by atoms with E-state index in [2.05, 4.69) is 0 Å². The second kappa shape index (κ2) is 9.52. The van der Waals surface area contributed by atoms with E-state index in [4.69, 9.17) is 20.8 Å². The summed E-state index contributed by atoms with van der Waals surface area (Å²) in [6, 6.07) is 13.0. The SMILES string of the molecule is CC(C)Oc1ccccc1C1C(C(=O)c2cc3cc(Cl)ccc3o2)=C(O)C(=O)N1CCN(C)C. The number of fused-ring (bicyclic) bond motifs is 1. The van der Waals surface area contributed by atoms with Crippen molar-refractivity contribution in [2.24, 2.45) is 0 Å². The van der Waals surface area contributed by atoms with Crippen molar-refractivity contribution < 1.29 is 23.8 Å². The van der Waals surface area contributed by atoms with Gasteiger partial charge in [0.25, 0.3) is 5.91 Å². The molecule has 1 amide bonds. The van der Waals surface area contributed by atoms with E-state index in [9.17, 15) is 14.7 Å². The van der Waals surface area contributed by atoms with Gasteiger partial charge < -0.3 is 24.1 Å². The first kappa shape index (κ1) is 23.9. The second-order valence-electron chi connectivity index (χ2n) is 8.79. The Balaban J connectivity index is 1.83. The van der Waals surface area contributed by atoms with E-state index in [1.165, 1.54) is 4.90 Å². The first-order chi connectivity index (χ1) is 16.2. The van der Waals surface area contributed by atoms with Crippen LogP contribution in [0.3, 0.4) is 0 Å². The van der Waals surface area contributed by atoms with Crippen molar-refractivity contribution in [2.45, 2.75) is 26.0 Å². The molecule has 2 heterocycles. The van der Waals surface area contributed by atoms with Gasteiger partial charge in [-0.05, 0) is 58.3 Å². The minimum atomic E-state index is -0.827. The lowest BCUT2D eigenvalue weighted by Crippen LogP contribution is -2.36. The third-order valence-corrected chi connectivity index (χ3v) is 5.85. The van der Waals surface area contributed by atoms with Gasteiger partial charge in [-0.15, -0.1) is 0 Å². The number of ketones is 1. The average Bonchev–Trinajstić information content (AvgIpc) is 3.30. The topological polar surface area (TPSA) is 83.2 Å². The average molecular weight is 483 g/mol. The van der Waals surface area contributed by atoms with Crippen LogP contribution in [0, 0.1) is 0 Å². The van der Waals surface area contributed by atoms with Crippen LogP contribution >= 0.6 is 11.6 Å². The highest BCUT2D eigenvalue weighted by Crippen LogP contribution is 2.43. The Kier molecular flexibility index (Phi) is 6.68. The summed E-state index contributed by atoms with van der Waals surface area (Å²) in [4.78, 5) is 30.3. The molecule has 7 nitrogen and oxygen atoms in total. The fraction of sp³-hybridized carbons (Fsp3) is 0.308. The Bertz CT molecular complexity index is 1280. The van der Waals surface area contributed by atoms with Crippen molar-refractivity contribution in [3.63, 3.8) is 0 Å². The number of amides is 1. The molecule has 1 aromatic heterocycles. The highest BCUT2D eigenvalue weighted by atomic mass is 35.5. The van der Waals surface area contributed by atoms with Gasteiger partial charge in [0.2, 0.25) is 5.78 Å². The molecule has 4 rings (SSSR count). The van der Waals surface area contributed by atoms with E-state index >= 15 is 0 Å². The number of halogens is 1. The van der Waals surface area contributed by atoms with Crippen molar-refractivity contribution in [3.05, 3.63) is 76.2 Å². The molecule has 0 saturated carbocycles. The summed E-state index contributed by atoms with van der Waals surface area (Å²) >= 11 is 6.07. The van der Waals surface area contributed by atoms with E-state index in [1.807, 2.05) is 51.0 Å². The van der Waals surface area contributed by atoms with Gasteiger partial charge in [-0.25, -0.2) is 0 Å². The summed E-state index contributed by atoms with van der Waals surface area (Å²) in [5, 5.41) is 12.1. The van der Waals surface area contributed by atoms with E-state index < -0.39 is 23.5 Å². The van der Waals surface area contributed by atoms with Crippen LogP contribution in [0.4, 0.5) is 0 Å². The molecule has 1 aliphatic heterocycles. The van der Waals surface area contributed by atoms with Crippen molar-refractivity contribution in [2.75, 3.05) is 27.2 Å². The van der Waals surface area contributed by atoms with Gasteiger partial charge >= 0.3 is 0 Å². The fourth-order valence-electron chi connectivity index (χ4n) is 4.07. The van der Waals surface area contributed by atoms with Crippen LogP contribution in [0.15, 0.2) is 64.3 Å². The first-order valence-electron chi connectivity index (χ1n) is 11.1. The Morgan fingerprint density at radius 2 is 1.94 bits per heavy atom. The Hall–Kier alpha value is -3.29. The minimum Gasteiger partial charge on any atom is -0.503 e. The Morgan fingerprint density at radius 3 is 2.65 bits per heavy atom. The lowest BCUT2D eigenvalue weighted by Gasteiger charge is -2.29. The molecule has 0 bridgehead atoms. The molecule has 3 aromatic rings. The fourth-order valence-corrected chi connectivity index (χ4v) is 4.25. The summed E-state index contributed by atoms with van der Waals surface area (Å²) in [6.45, 7) is 4.66. The van der Waals surface area contributed by atoms with Crippen LogP contribution in [0.2, 0.25) is 5.02 Å². The molecule has 1 atom stereocenters. The zero-order valence-corrected chi connectivity index (χ0v) is 20.3.